The Labute approximate surface area is 183 Å². The average Bonchev–Trinajstić information content (AvgIpc) is 2.77. The van der Waals surface area contributed by atoms with Crippen molar-refractivity contribution in [1.29, 1.82) is 0 Å². The van der Waals surface area contributed by atoms with E-state index in [0.29, 0.717) is 17.9 Å². The molecule has 0 aliphatic carbocycles. The molecular formula is C26H27NO4. The zero-order chi connectivity index (χ0) is 22.2. The molecule has 0 bridgehead atoms. The van der Waals surface area contributed by atoms with E-state index in [4.69, 9.17) is 9.47 Å². The Balaban J connectivity index is 1.66. The van der Waals surface area contributed by atoms with Gasteiger partial charge in [-0.15, -0.1) is 0 Å². The number of carbonyl (C=O) groups is 2. The van der Waals surface area contributed by atoms with Gasteiger partial charge < -0.3 is 14.4 Å². The van der Waals surface area contributed by atoms with Crippen molar-refractivity contribution in [3.8, 4) is 5.75 Å². The molecule has 0 heterocycles. The molecule has 0 fully saturated rings. The van der Waals surface area contributed by atoms with E-state index < -0.39 is 5.97 Å². The van der Waals surface area contributed by atoms with Crippen molar-refractivity contribution >= 4 is 17.6 Å². The maximum absolute atomic E-state index is 12.8. The Bertz CT molecular complexity index is 1030. The van der Waals surface area contributed by atoms with Gasteiger partial charge in [-0.3, -0.25) is 4.79 Å². The van der Waals surface area contributed by atoms with Crippen molar-refractivity contribution in [1.82, 2.24) is 0 Å². The SMILES string of the molecule is Cc1cccc(COc2ccccc2C(=O)OCC(=O)N(c2ccccc2)C(C)C)c1. The van der Waals surface area contributed by atoms with Gasteiger partial charge in [-0.05, 0) is 50.6 Å². The third-order valence-electron chi connectivity index (χ3n) is 4.73. The van der Waals surface area contributed by atoms with Crippen molar-refractivity contribution in [3.63, 3.8) is 0 Å². The lowest BCUT2D eigenvalue weighted by molar-refractivity contribution is -0.122. The summed E-state index contributed by atoms with van der Waals surface area (Å²) in [5, 5.41) is 0. The molecule has 5 heteroatoms. The lowest BCUT2D eigenvalue weighted by Crippen LogP contribution is -2.39. The van der Waals surface area contributed by atoms with Crippen molar-refractivity contribution in [3.05, 3.63) is 95.6 Å². The van der Waals surface area contributed by atoms with Crippen molar-refractivity contribution in [2.75, 3.05) is 11.5 Å². The first-order valence-corrected chi connectivity index (χ1v) is 10.3. The predicted molar refractivity (Wildman–Crippen MR) is 121 cm³/mol. The van der Waals surface area contributed by atoms with Crippen LogP contribution in [0.1, 0.15) is 35.3 Å². The van der Waals surface area contributed by atoms with E-state index in [1.54, 1.807) is 29.2 Å². The molecule has 3 aromatic rings. The standard InChI is InChI=1S/C26H27NO4/c1-19(2)27(22-12-5-4-6-13-22)25(28)18-31-26(29)23-14-7-8-15-24(23)30-17-21-11-9-10-20(3)16-21/h4-16,19H,17-18H2,1-3H3. The quantitative estimate of drug-likeness (QED) is 0.474. The number of amides is 1. The van der Waals surface area contributed by atoms with Crippen LogP contribution in [0.4, 0.5) is 5.69 Å². The molecule has 1 amide bonds. The van der Waals surface area contributed by atoms with E-state index in [1.807, 2.05) is 75.4 Å². The Kier molecular flexibility index (Phi) is 7.44. The predicted octanol–water partition coefficient (Wildman–Crippen LogP) is 5.17. The monoisotopic (exact) mass is 417 g/mol. The number of ether oxygens (including phenoxy) is 2. The van der Waals surface area contributed by atoms with Gasteiger partial charge in [0.05, 0.1) is 0 Å². The van der Waals surface area contributed by atoms with Crippen LogP contribution < -0.4 is 9.64 Å². The van der Waals surface area contributed by atoms with Gasteiger partial charge in [0.25, 0.3) is 5.91 Å². The molecule has 0 N–H and O–H groups in total. The normalized spacial score (nSPS) is 10.6. The highest BCUT2D eigenvalue weighted by molar-refractivity contribution is 5.98. The summed E-state index contributed by atoms with van der Waals surface area (Å²) >= 11 is 0. The van der Waals surface area contributed by atoms with Crippen molar-refractivity contribution < 1.29 is 19.1 Å². The minimum atomic E-state index is -0.593. The van der Waals surface area contributed by atoms with E-state index in [0.717, 1.165) is 16.8 Å². The number of esters is 1. The Morgan fingerprint density at radius 2 is 1.61 bits per heavy atom. The summed E-state index contributed by atoms with van der Waals surface area (Å²) in [6.45, 7) is 5.84. The highest BCUT2D eigenvalue weighted by atomic mass is 16.5. The summed E-state index contributed by atoms with van der Waals surface area (Å²) in [4.78, 5) is 27.1. The molecule has 160 valence electrons. The lowest BCUT2D eigenvalue weighted by atomic mass is 10.1. The van der Waals surface area contributed by atoms with Crippen LogP contribution in [0.15, 0.2) is 78.9 Å². The van der Waals surface area contributed by atoms with Gasteiger partial charge >= 0.3 is 5.97 Å². The summed E-state index contributed by atoms with van der Waals surface area (Å²) in [6.07, 6.45) is 0. The Morgan fingerprint density at radius 3 is 2.32 bits per heavy atom. The molecule has 5 nitrogen and oxygen atoms in total. The fourth-order valence-corrected chi connectivity index (χ4v) is 3.32. The number of rotatable bonds is 8. The van der Waals surface area contributed by atoms with E-state index in [2.05, 4.69) is 0 Å². The number of hydrogen-bond donors (Lipinski definition) is 0. The van der Waals surface area contributed by atoms with E-state index >= 15 is 0 Å². The molecule has 0 spiro atoms. The minimum absolute atomic E-state index is 0.0708. The van der Waals surface area contributed by atoms with E-state index in [-0.39, 0.29) is 18.6 Å². The molecule has 0 saturated carbocycles. The largest absolute Gasteiger partial charge is 0.488 e. The Morgan fingerprint density at radius 1 is 0.903 bits per heavy atom. The van der Waals surface area contributed by atoms with Crippen LogP contribution in [0.5, 0.6) is 5.75 Å². The maximum atomic E-state index is 12.8. The van der Waals surface area contributed by atoms with Gasteiger partial charge in [-0.1, -0.05) is 60.2 Å². The molecule has 3 aromatic carbocycles. The topological polar surface area (TPSA) is 55.8 Å². The molecule has 0 atom stereocenters. The van der Waals surface area contributed by atoms with Gasteiger partial charge in [0, 0.05) is 11.7 Å². The second-order valence-electron chi connectivity index (χ2n) is 7.54. The molecule has 31 heavy (non-hydrogen) atoms. The van der Waals surface area contributed by atoms with Gasteiger partial charge in [0.1, 0.15) is 17.9 Å². The highest BCUT2D eigenvalue weighted by Gasteiger charge is 2.22. The van der Waals surface area contributed by atoms with E-state index in [9.17, 15) is 9.59 Å². The second-order valence-corrected chi connectivity index (χ2v) is 7.54. The molecule has 3 rings (SSSR count). The van der Waals surface area contributed by atoms with Gasteiger partial charge in [-0.2, -0.15) is 0 Å². The van der Waals surface area contributed by atoms with Gasteiger partial charge in [-0.25, -0.2) is 4.79 Å². The molecule has 0 aliphatic heterocycles. The first-order chi connectivity index (χ1) is 15.0. The van der Waals surface area contributed by atoms with Gasteiger partial charge in [0.2, 0.25) is 0 Å². The fourth-order valence-electron chi connectivity index (χ4n) is 3.32. The molecular weight excluding hydrogens is 390 g/mol. The fraction of sp³-hybridized carbons (Fsp3) is 0.231. The van der Waals surface area contributed by atoms with Gasteiger partial charge in [0.15, 0.2) is 6.61 Å². The summed E-state index contributed by atoms with van der Waals surface area (Å²) in [5.74, 6) is -0.456. The third-order valence-corrected chi connectivity index (χ3v) is 4.73. The number of anilines is 1. The van der Waals surface area contributed by atoms with Crippen molar-refractivity contribution in [2.24, 2.45) is 0 Å². The summed E-state index contributed by atoms with van der Waals surface area (Å²) < 4.78 is 11.2. The van der Waals surface area contributed by atoms with Crippen LogP contribution in [0, 0.1) is 6.92 Å². The molecule has 0 unspecified atom stereocenters. The molecule has 0 radical (unpaired) electrons. The lowest BCUT2D eigenvalue weighted by Gasteiger charge is -2.26. The molecule has 0 aromatic heterocycles. The third kappa shape index (κ3) is 5.95. The van der Waals surface area contributed by atoms with Crippen LogP contribution in [-0.2, 0) is 16.1 Å². The zero-order valence-corrected chi connectivity index (χ0v) is 18.1. The van der Waals surface area contributed by atoms with Crippen LogP contribution >= 0.6 is 0 Å². The molecule has 0 aliphatic rings. The van der Waals surface area contributed by atoms with Crippen molar-refractivity contribution in [2.45, 2.75) is 33.4 Å². The zero-order valence-electron chi connectivity index (χ0n) is 18.1. The first-order valence-electron chi connectivity index (χ1n) is 10.3. The highest BCUT2D eigenvalue weighted by Crippen LogP contribution is 2.21. The number of para-hydroxylation sites is 2. The number of aryl methyl sites for hydroxylation is 1. The first kappa shape index (κ1) is 22.1. The summed E-state index contributed by atoms with van der Waals surface area (Å²) in [6, 6.07) is 24.1. The van der Waals surface area contributed by atoms with Crippen LogP contribution in [0.25, 0.3) is 0 Å². The number of carbonyl (C=O) groups excluding carboxylic acids is 2. The van der Waals surface area contributed by atoms with E-state index in [1.165, 1.54) is 0 Å². The number of nitrogens with zero attached hydrogens (tertiary/aromatic N) is 1. The smallest absolute Gasteiger partial charge is 0.342 e. The Hall–Kier alpha value is -3.60. The summed E-state index contributed by atoms with van der Waals surface area (Å²) in [5.41, 5.74) is 3.20. The summed E-state index contributed by atoms with van der Waals surface area (Å²) in [7, 11) is 0. The number of hydrogen-bond acceptors (Lipinski definition) is 4. The van der Waals surface area contributed by atoms with Crippen LogP contribution in [0.2, 0.25) is 0 Å². The van der Waals surface area contributed by atoms with Crippen LogP contribution in [-0.4, -0.2) is 24.5 Å². The second kappa shape index (κ2) is 10.4. The minimum Gasteiger partial charge on any atom is -0.488 e. The average molecular weight is 418 g/mol. The van der Waals surface area contributed by atoms with Crippen LogP contribution in [0.3, 0.4) is 0 Å². The number of benzene rings is 3. The molecule has 0 saturated heterocycles. The maximum Gasteiger partial charge on any atom is 0.342 e.